The van der Waals surface area contributed by atoms with E-state index in [1.807, 2.05) is 24.3 Å². The second kappa shape index (κ2) is 5.98. The predicted octanol–water partition coefficient (Wildman–Crippen LogP) is 3.65. The quantitative estimate of drug-likeness (QED) is 0.759. The molecule has 3 rings (SSSR count). The number of sulfonamides is 1. The van der Waals surface area contributed by atoms with Gasteiger partial charge in [0.25, 0.3) is 10.0 Å². The van der Waals surface area contributed by atoms with Gasteiger partial charge in [-0.05, 0) is 41.5 Å². The molecule has 0 bridgehead atoms. The van der Waals surface area contributed by atoms with Crippen LogP contribution in [0.15, 0.2) is 65.6 Å². The van der Waals surface area contributed by atoms with E-state index in [-0.39, 0.29) is 16.1 Å². The van der Waals surface area contributed by atoms with Crippen molar-refractivity contribution in [3.05, 3.63) is 71.8 Å². The van der Waals surface area contributed by atoms with E-state index < -0.39 is 16.0 Å². The van der Waals surface area contributed by atoms with Crippen LogP contribution in [0.1, 0.15) is 15.9 Å². The molecule has 0 aliphatic heterocycles. The minimum atomic E-state index is -3.90. The summed E-state index contributed by atoms with van der Waals surface area (Å²) in [6, 6.07) is 16.8. The summed E-state index contributed by atoms with van der Waals surface area (Å²) in [5, 5.41) is 11.0. The first-order valence-electron chi connectivity index (χ1n) is 7.23. The van der Waals surface area contributed by atoms with Gasteiger partial charge in [0, 0.05) is 0 Å². The number of para-hydroxylation sites is 1. The van der Waals surface area contributed by atoms with Crippen LogP contribution in [0, 0.1) is 6.92 Å². The fourth-order valence-corrected chi connectivity index (χ4v) is 3.70. The van der Waals surface area contributed by atoms with Crippen molar-refractivity contribution < 1.29 is 18.3 Å². The lowest BCUT2D eigenvalue weighted by molar-refractivity contribution is 0.0698. The van der Waals surface area contributed by atoms with Gasteiger partial charge >= 0.3 is 5.97 Å². The van der Waals surface area contributed by atoms with Gasteiger partial charge in [0.2, 0.25) is 0 Å². The van der Waals surface area contributed by atoms with E-state index in [0.717, 1.165) is 10.8 Å². The molecule has 0 spiro atoms. The summed E-state index contributed by atoms with van der Waals surface area (Å²) in [4.78, 5) is 11.4. The summed E-state index contributed by atoms with van der Waals surface area (Å²) in [6.07, 6.45) is 0. The molecular formula is C18H15NO4S. The van der Waals surface area contributed by atoms with Crippen LogP contribution in [0.2, 0.25) is 0 Å². The molecule has 0 aliphatic rings. The summed E-state index contributed by atoms with van der Waals surface area (Å²) in [6.45, 7) is 1.66. The molecule has 0 radical (unpaired) electrons. The van der Waals surface area contributed by atoms with Crippen LogP contribution < -0.4 is 4.72 Å². The number of rotatable bonds is 4. The molecule has 0 heterocycles. The topological polar surface area (TPSA) is 83.5 Å². The van der Waals surface area contributed by atoms with Crippen LogP contribution in [0.3, 0.4) is 0 Å². The number of carbonyl (C=O) groups is 1. The molecule has 0 saturated heterocycles. The van der Waals surface area contributed by atoms with E-state index >= 15 is 0 Å². The summed E-state index contributed by atoms with van der Waals surface area (Å²) >= 11 is 0. The minimum absolute atomic E-state index is 0.0816. The molecule has 0 saturated carbocycles. The summed E-state index contributed by atoms with van der Waals surface area (Å²) in [7, 11) is -3.90. The van der Waals surface area contributed by atoms with Crippen molar-refractivity contribution in [3.8, 4) is 0 Å². The highest BCUT2D eigenvalue weighted by Gasteiger charge is 2.20. The Bertz CT molecular complexity index is 1040. The van der Waals surface area contributed by atoms with Crippen molar-refractivity contribution in [2.75, 3.05) is 4.72 Å². The van der Waals surface area contributed by atoms with E-state index in [2.05, 4.69) is 4.72 Å². The molecule has 0 unspecified atom stereocenters. The van der Waals surface area contributed by atoms with Gasteiger partial charge in [-0.1, -0.05) is 42.5 Å². The number of fused-ring (bicyclic) bond motifs is 1. The number of nitrogens with one attached hydrogen (secondary N) is 1. The lowest BCUT2D eigenvalue weighted by Crippen LogP contribution is -2.16. The third-order valence-corrected chi connectivity index (χ3v) is 5.12. The monoisotopic (exact) mass is 341 g/mol. The van der Waals surface area contributed by atoms with E-state index in [9.17, 15) is 18.3 Å². The molecule has 3 aromatic carbocycles. The SMILES string of the molecule is Cc1cccc(C(=O)O)c1NS(=O)(=O)c1ccc2ccccc2c1. The van der Waals surface area contributed by atoms with E-state index in [4.69, 9.17) is 0 Å². The molecule has 0 fully saturated rings. The maximum Gasteiger partial charge on any atom is 0.337 e. The molecule has 3 aromatic rings. The number of carboxylic acids is 1. The largest absolute Gasteiger partial charge is 0.478 e. The lowest BCUT2D eigenvalue weighted by atomic mass is 10.1. The Hall–Kier alpha value is -2.86. The zero-order chi connectivity index (χ0) is 17.3. The third kappa shape index (κ3) is 2.96. The van der Waals surface area contributed by atoms with Crippen molar-refractivity contribution in [1.29, 1.82) is 0 Å². The van der Waals surface area contributed by atoms with Gasteiger partial charge in [-0.25, -0.2) is 13.2 Å². The van der Waals surface area contributed by atoms with Gasteiger partial charge in [0.15, 0.2) is 0 Å². The summed E-state index contributed by atoms with van der Waals surface area (Å²) < 4.78 is 27.7. The highest BCUT2D eigenvalue weighted by Crippen LogP contribution is 2.26. The Balaban J connectivity index is 2.07. The van der Waals surface area contributed by atoms with Crippen molar-refractivity contribution in [2.45, 2.75) is 11.8 Å². The first-order chi connectivity index (χ1) is 11.4. The van der Waals surface area contributed by atoms with E-state index in [1.54, 1.807) is 31.2 Å². The Morgan fingerprint density at radius 2 is 1.67 bits per heavy atom. The van der Waals surface area contributed by atoms with Crippen molar-refractivity contribution in [3.63, 3.8) is 0 Å². The molecule has 0 aromatic heterocycles. The number of aromatic carboxylic acids is 1. The van der Waals surface area contributed by atoms with Gasteiger partial charge in [-0.15, -0.1) is 0 Å². The normalized spacial score (nSPS) is 11.4. The summed E-state index contributed by atoms with van der Waals surface area (Å²) in [5.41, 5.74) is 0.539. The van der Waals surface area contributed by atoms with Gasteiger partial charge in [-0.3, -0.25) is 4.72 Å². The van der Waals surface area contributed by atoms with Crippen LogP contribution in [-0.4, -0.2) is 19.5 Å². The van der Waals surface area contributed by atoms with Crippen LogP contribution in [0.5, 0.6) is 0 Å². The zero-order valence-electron chi connectivity index (χ0n) is 12.9. The average Bonchev–Trinajstić information content (AvgIpc) is 2.56. The fraction of sp³-hybridized carbons (Fsp3) is 0.0556. The number of aryl methyl sites for hydroxylation is 1. The second-order valence-corrected chi connectivity index (χ2v) is 7.10. The number of carboxylic acid groups (broad SMARTS) is 1. The van der Waals surface area contributed by atoms with Gasteiger partial charge in [0.05, 0.1) is 16.1 Å². The number of hydrogen-bond donors (Lipinski definition) is 2. The van der Waals surface area contributed by atoms with Crippen LogP contribution in [0.25, 0.3) is 10.8 Å². The van der Waals surface area contributed by atoms with Crippen molar-refractivity contribution in [1.82, 2.24) is 0 Å². The van der Waals surface area contributed by atoms with Crippen LogP contribution in [0.4, 0.5) is 5.69 Å². The fourth-order valence-electron chi connectivity index (χ4n) is 2.51. The van der Waals surface area contributed by atoms with E-state index in [0.29, 0.717) is 5.56 Å². The van der Waals surface area contributed by atoms with Crippen molar-refractivity contribution in [2.24, 2.45) is 0 Å². The smallest absolute Gasteiger partial charge is 0.337 e. The molecule has 122 valence electrons. The highest BCUT2D eigenvalue weighted by molar-refractivity contribution is 7.92. The van der Waals surface area contributed by atoms with Crippen molar-refractivity contribution >= 4 is 32.5 Å². The molecule has 0 aliphatic carbocycles. The van der Waals surface area contributed by atoms with Gasteiger partial charge < -0.3 is 5.11 Å². The van der Waals surface area contributed by atoms with Gasteiger partial charge in [0.1, 0.15) is 0 Å². The van der Waals surface area contributed by atoms with Gasteiger partial charge in [-0.2, -0.15) is 0 Å². The van der Waals surface area contributed by atoms with Crippen LogP contribution in [-0.2, 0) is 10.0 Å². The first kappa shape index (κ1) is 16.0. The maximum atomic E-state index is 12.7. The summed E-state index contributed by atoms with van der Waals surface area (Å²) in [5.74, 6) is -1.19. The third-order valence-electron chi connectivity index (χ3n) is 3.77. The number of anilines is 1. The van der Waals surface area contributed by atoms with Crippen LogP contribution >= 0.6 is 0 Å². The standard InChI is InChI=1S/C18H15NO4S/c1-12-5-4-8-16(18(20)21)17(12)19-24(22,23)15-10-9-13-6-2-3-7-14(13)11-15/h2-11,19H,1H3,(H,20,21). The molecule has 0 amide bonds. The zero-order valence-corrected chi connectivity index (χ0v) is 13.7. The highest BCUT2D eigenvalue weighted by atomic mass is 32.2. The molecule has 2 N–H and O–H groups in total. The number of benzene rings is 3. The number of hydrogen-bond acceptors (Lipinski definition) is 3. The Kier molecular flexibility index (Phi) is 3.99. The second-order valence-electron chi connectivity index (χ2n) is 5.42. The van der Waals surface area contributed by atoms with E-state index in [1.165, 1.54) is 12.1 Å². The minimum Gasteiger partial charge on any atom is -0.478 e. The predicted molar refractivity (Wildman–Crippen MR) is 92.9 cm³/mol. The Labute approximate surface area is 139 Å². The molecule has 0 atom stereocenters. The average molecular weight is 341 g/mol. The molecule has 6 heteroatoms. The molecule has 24 heavy (non-hydrogen) atoms. The molecular weight excluding hydrogens is 326 g/mol. The Morgan fingerprint density at radius 1 is 0.958 bits per heavy atom. The Morgan fingerprint density at radius 3 is 2.38 bits per heavy atom. The first-order valence-corrected chi connectivity index (χ1v) is 8.71. The lowest BCUT2D eigenvalue weighted by Gasteiger charge is -2.13. The maximum absolute atomic E-state index is 12.7. The molecule has 5 nitrogen and oxygen atoms in total.